The summed E-state index contributed by atoms with van der Waals surface area (Å²) in [6.07, 6.45) is 0. The maximum absolute atomic E-state index is 10.7. The van der Waals surface area contributed by atoms with E-state index in [2.05, 4.69) is 30.2 Å². The van der Waals surface area contributed by atoms with E-state index in [-0.39, 0.29) is 65.7 Å². The summed E-state index contributed by atoms with van der Waals surface area (Å²) in [4.78, 5) is 61.3. The molecule has 0 aromatic rings. The lowest BCUT2D eigenvalue weighted by Gasteiger charge is -2.14. The average Bonchev–Trinajstić information content (AvgIpc) is 2.86. The van der Waals surface area contributed by atoms with Crippen molar-refractivity contribution in [1.82, 2.24) is 16.0 Å². The van der Waals surface area contributed by atoms with Crippen LogP contribution in [-0.4, -0.2) is 78.1 Å². The first-order chi connectivity index (χ1) is 17.9. The highest BCUT2D eigenvalue weighted by molar-refractivity contribution is 5.81. The molecule has 0 aliphatic rings. The molecule has 12 heteroatoms. The number of rotatable bonds is 2. The van der Waals surface area contributed by atoms with Crippen molar-refractivity contribution in [3.05, 3.63) is 0 Å². The largest absolute Gasteiger partial charge is 0.469 e. The van der Waals surface area contributed by atoms with Crippen molar-refractivity contribution < 1.29 is 43.0 Å². The van der Waals surface area contributed by atoms with E-state index in [9.17, 15) is 28.8 Å². The van der Waals surface area contributed by atoms with E-state index in [0.29, 0.717) is 0 Å². The molecule has 0 saturated carbocycles. The van der Waals surface area contributed by atoms with Crippen molar-refractivity contribution >= 4 is 35.6 Å². The van der Waals surface area contributed by atoms with Gasteiger partial charge in [-0.25, -0.2) is 0 Å². The van der Waals surface area contributed by atoms with Gasteiger partial charge < -0.3 is 30.2 Å². The molecule has 248 valence electrons. The summed E-state index contributed by atoms with van der Waals surface area (Å²) in [5.74, 6) is -0.264. The molecule has 0 rings (SSSR count). The fourth-order valence-corrected chi connectivity index (χ4v) is 1.21. The molecular formula is C29H63N3O9. The number of hydrogen-bond donors (Lipinski definition) is 3. The van der Waals surface area contributed by atoms with Crippen LogP contribution >= 0.6 is 0 Å². The minimum absolute atomic E-state index is 0. The minimum atomic E-state index is -0.352. The van der Waals surface area contributed by atoms with Crippen LogP contribution in [0.2, 0.25) is 0 Å². The normalized spacial score (nSPS) is 9.07. The quantitative estimate of drug-likeness (QED) is 0.317. The standard InChI is InChI=1S/C6H13NO.C6H12O2.C5H11NO.C5H10O2.C3H7NO.C3H6O2.CH4/c1-6(2,3)5(8)7-4;1-6(2,3)5(7)8-4;1-4(2)5(7)6-3;1-4(2)5(6)7-3;1-3(5)4-2;1-3(4)5-2;/h1-4H3,(H,7,8);1-4H3;4H,1-3H3,(H,6,7);4H,1-3H3;1-2H3,(H,4,5);1-2H3;1H4. The molecule has 0 bridgehead atoms. The summed E-state index contributed by atoms with van der Waals surface area (Å²) in [5, 5.41) is 7.48. The van der Waals surface area contributed by atoms with Gasteiger partial charge in [0, 0.05) is 46.3 Å². The van der Waals surface area contributed by atoms with Crippen LogP contribution in [0.5, 0.6) is 0 Å². The summed E-state index contributed by atoms with van der Waals surface area (Å²) in [7, 11) is 9.02. The molecule has 12 nitrogen and oxygen atoms in total. The smallest absolute Gasteiger partial charge is 0.310 e. The molecule has 0 aromatic carbocycles. The van der Waals surface area contributed by atoms with E-state index in [0.717, 1.165) is 0 Å². The van der Waals surface area contributed by atoms with E-state index in [1.165, 1.54) is 35.2 Å². The molecule has 3 amide bonds. The molecule has 0 saturated heterocycles. The van der Waals surface area contributed by atoms with Crippen molar-refractivity contribution in [1.29, 1.82) is 0 Å². The van der Waals surface area contributed by atoms with Crippen LogP contribution in [0.3, 0.4) is 0 Å². The van der Waals surface area contributed by atoms with Gasteiger partial charge in [0.15, 0.2) is 0 Å². The van der Waals surface area contributed by atoms with Gasteiger partial charge in [0.25, 0.3) is 0 Å². The summed E-state index contributed by atoms with van der Waals surface area (Å²) in [6.45, 7) is 21.2. The molecule has 3 N–H and O–H groups in total. The number of ether oxygens (including phenoxy) is 3. The number of amides is 3. The molecule has 0 atom stereocenters. The zero-order chi connectivity index (χ0) is 33.9. The lowest BCUT2D eigenvalue weighted by atomic mass is 9.96. The minimum Gasteiger partial charge on any atom is -0.469 e. The Kier molecular flexibility index (Phi) is 41.3. The van der Waals surface area contributed by atoms with Crippen molar-refractivity contribution in [2.24, 2.45) is 22.7 Å². The molecular weight excluding hydrogens is 534 g/mol. The molecule has 0 aliphatic heterocycles. The Balaban J connectivity index is -0.0000000680. The van der Waals surface area contributed by atoms with Crippen LogP contribution in [-0.2, 0) is 43.0 Å². The number of esters is 3. The Morgan fingerprint density at radius 2 is 0.927 bits per heavy atom. The first-order valence-electron chi connectivity index (χ1n) is 12.7. The molecule has 0 aliphatic carbocycles. The highest BCUT2D eigenvalue weighted by Crippen LogP contribution is 2.13. The van der Waals surface area contributed by atoms with E-state index >= 15 is 0 Å². The fourth-order valence-electron chi connectivity index (χ4n) is 1.21. The molecule has 0 radical (unpaired) electrons. The van der Waals surface area contributed by atoms with E-state index < -0.39 is 0 Å². The Bertz CT molecular complexity index is 647. The van der Waals surface area contributed by atoms with Crippen LogP contribution in [0, 0.1) is 22.7 Å². The van der Waals surface area contributed by atoms with Gasteiger partial charge in [-0.2, -0.15) is 0 Å². The highest BCUT2D eigenvalue weighted by atomic mass is 16.5. The lowest BCUT2D eigenvalue weighted by Crippen LogP contribution is -2.31. The Hall–Kier alpha value is -3.18. The summed E-state index contributed by atoms with van der Waals surface area (Å²) in [5.41, 5.74) is -0.594. The zero-order valence-corrected chi connectivity index (χ0v) is 28.3. The highest BCUT2D eigenvalue weighted by Gasteiger charge is 2.21. The molecule has 0 heterocycles. The second kappa shape index (κ2) is 31.3. The van der Waals surface area contributed by atoms with Crippen molar-refractivity contribution in [3.8, 4) is 0 Å². The van der Waals surface area contributed by atoms with Crippen molar-refractivity contribution in [2.45, 2.75) is 90.5 Å². The van der Waals surface area contributed by atoms with Gasteiger partial charge in [0.05, 0.1) is 32.7 Å². The predicted molar refractivity (Wildman–Crippen MR) is 165 cm³/mol. The molecule has 0 aromatic heterocycles. The van der Waals surface area contributed by atoms with E-state index in [1.807, 2.05) is 55.4 Å². The van der Waals surface area contributed by atoms with Gasteiger partial charge in [0.2, 0.25) is 17.7 Å². The summed E-state index contributed by atoms with van der Waals surface area (Å²) < 4.78 is 13.0. The monoisotopic (exact) mass is 597 g/mol. The van der Waals surface area contributed by atoms with Gasteiger partial charge in [-0.05, 0) is 20.8 Å². The Morgan fingerprint density at radius 3 is 0.927 bits per heavy atom. The summed E-state index contributed by atoms with van der Waals surface area (Å²) >= 11 is 0. The van der Waals surface area contributed by atoms with Crippen LogP contribution < -0.4 is 16.0 Å². The molecule has 0 fully saturated rings. The van der Waals surface area contributed by atoms with Gasteiger partial charge >= 0.3 is 17.9 Å². The maximum Gasteiger partial charge on any atom is 0.310 e. The van der Waals surface area contributed by atoms with Gasteiger partial charge in [-0.15, -0.1) is 0 Å². The molecule has 41 heavy (non-hydrogen) atoms. The van der Waals surface area contributed by atoms with Crippen LogP contribution in [0.4, 0.5) is 0 Å². The predicted octanol–water partition coefficient (Wildman–Crippen LogP) is 3.76. The second-order valence-electron chi connectivity index (χ2n) is 10.5. The first-order valence-corrected chi connectivity index (χ1v) is 12.7. The van der Waals surface area contributed by atoms with Gasteiger partial charge in [-0.3, -0.25) is 28.8 Å². The van der Waals surface area contributed by atoms with Gasteiger partial charge in [0.1, 0.15) is 0 Å². The van der Waals surface area contributed by atoms with E-state index in [1.54, 1.807) is 35.0 Å². The number of carbonyl (C=O) groups is 6. The Labute approximate surface area is 250 Å². The third-order valence-electron chi connectivity index (χ3n) is 3.79. The second-order valence-corrected chi connectivity index (χ2v) is 10.5. The zero-order valence-electron chi connectivity index (χ0n) is 28.3. The summed E-state index contributed by atoms with van der Waals surface area (Å²) in [6, 6.07) is 0. The van der Waals surface area contributed by atoms with Gasteiger partial charge in [-0.1, -0.05) is 55.9 Å². The molecule has 0 unspecified atom stereocenters. The van der Waals surface area contributed by atoms with Crippen molar-refractivity contribution in [3.63, 3.8) is 0 Å². The third kappa shape index (κ3) is 53.7. The fraction of sp³-hybridized carbons (Fsp3) is 0.793. The van der Waals surface area contributed by atoms with Crippen molar-refractivity contribution in [2.75, 3.05) is 42.5 Å². The first kappa shape index (κ1) is 54.0. The number of carbonyl (C=O) groups excluding carboxylic acids is 6. The van der Waals surface area contributed by atoms with Crippen LogP contribution in [0.1, 0.15) is 90.5 Å². The average molecular weight is 598 g/mol. The SMILES string of the molecule is C.CNC(=O)C(C)(C)C.CNC(=O)C(C)C.CNC(C)=O.COC(=O)C(C)(C)C.COC(=O)C(C)C.COC(C)=O. The lowest BCUT2D eigenvalue weighted by molar-refractivity contribution is -0.149. The van der Waals surface area contributed by atoms with Crippen LogP contribution in [0.15, 0.2) is 0 Å². The number of nitrogens with one attached hydrogen (secondary N) is 3. The third-order valence-corrected chi connectivity index (χ3v) is 3.79. The molecule has 0 spiro atoms. The number of methoxy groups -OCH3 is 3. The Morgan fingerprint density at radius 1 is 0.585 bits per heavy atom. The topological polar surface area (TPSA) is 166 Å². The maximum atomic E-state index is 10.7. The van der Waals surface area contributed by atoms with Crippen LogP contribution in [0.25, 0.3) is 0 Å². The van der Waals surface area contributed by atoms with E-state index in [4.69, 9.17) is 0 Å². The number of hydrogen-bond acceptors (Lipinski definition) is 9.